The number of nitrogens with one attached hydrogen (secondary N) is 1. The van der Waals surface area contributed by atoms with E-state index in [0.717, 1.165) is 25.9 Å². The van der Waals surface area contributed by atoms with Crippen LogP contribution in [0, 0.1) is 11.8 Å². The van der Waals surface area contributed by atoms with Crippen LogP contribution in [0.2, 0.25) is 0 Å². The molecule has 1 fully saturated rings. The fourth-order valence-electron chi connectivity index (χ4n) is 2.16. The summed E-state index contributed by atoms with van der Waals surface area (Å²) in [4.78, 5) is 25.1. The van der Waals surface area contributed by atoms with Crippen LogP contribution in [0.15, 0.2) is 0 Å². The van der Waals surface area contributed by atoms with Crippen LogP contribution in [0.1, 0.15) is 40.0 Å². The van der Waals surface area contributed by atoms with E-state index in [1.165, 1.54) is 0 Å². The summed E-state index contributed by atoms with van der Waals surface area (Å²) in [5.74, 6) is 0.620. The fourth-order valence-corrected chi connectivity index (χ4v) is 2.16. The molecular formula is C14H26N2O3. The van der Waals surface area contributed by atoms with Crippen LogP contribution in [0.4, 0.5) is 4.79 Å². The number of rotatable bonds is 5. The number of carbonyl (C=O) groups is 2. The van der Waals surface area contributed by atoms with Gasteiger partial charge in [0.05, 0.1) is 6.61 Å². The van der Waals surface area contributed by atoms with E-state index in [1.807, 2.05) is 11.8 Å². The van der Waals surface area contributed by atoms with Gasteiger partial charge in [-0.2, -0.15) is 0 Å². The molecule has 0 aromatic rings. The third-order valence-corrected chi connectivity index (χ3v) is 3.49. The Kier molecular flexibility index (Phi) is 6.67. The van der Waals surface area contributed by atoms with Gasteiger partial charge in [0.2, 0.25) is 0 Å². The smallest absolute Gasteiger partial charge is 0.317 e. The average molecular weight is 270 g/mol. The van der Waals surface area contributed by atoms with Gasteiger partial charge in [0.1, 0.15) is 0 Å². The highest BCUT2D eigenvalue weighted by Crippen LogP contribution is 2.15. The van der Waals surface area contributed by atoms with Gasteiger partial charge in [0, 0.05) is 26.1 Å². The van der Waals surface area contributed by atoms with Crippen molar-refractivity contribution in [3.05, 3.63) is 0 Å². The van der Waals surface area contributed by atoms with Gasteiger partial charge < -0.3 is 15.0 Å². The van der Waals surface area contributed by atoms with E-state index in [9.17, 15) is 9.59 Å². The predicted octanol–water partition coefficient (Wildman–Crippen LogP) is 2.02. The van der Waals surface area contributed by atoms with E-state index in [2.05, 4.69) is 12.2 Å². The van der Waals surface area contributed by atoms with Crippen LogP contribution in [0.5, 0.6) is 0 Å². The Balaban J connectivity index is 2.20. The first kappa shape index (κ1) is 15.8. The number of hydrogen-bond acceptors (Lipinski definition) is 3. The van der Waals surface area contributed by atoms with Gasteiger partial charge in [-0.05, 0) is 31.6 Å². The lowest BCUT2D eigenvalue weighted by Gasteiger charge is -2.30. The molecule has 0 aromatic carbocycles. The van der Waals surface area contributed by atoms with Gasteiger partial charge in [0.15, 0.2) is 0 Å². The van der Waals surface area contributed by atoms with Gasteiger partial charge in [-0.3, -0.25) is 4.79 Å². The number of esters is 1. The maximum absolute atomic E-state index is 11.9. The molecule has 5 nitrogen and oxygen atoms in total. The first-order valence-corrected chi connectivity index (χ1v) is 7.21. The van der Waals surface area contributed by atoms with E-state index < -0.39 is 0 Å². The largest absolute Gasteiger partial charge is 0.466 e. The molecular weight excluding hydrogens is 244 g/mol. The molecule has 110 valence electrons. The summed E-state index contributed by atoms with van der Waals surface area (Å²) in [7, 11) is 0. The second-order valence-corrected chi connectivity index (χ2v) is 5.47. The normalized spacial score (nSPS) is 17.9. The van der Waals surface area contributed by atoms with E-state index in [-0.39, 0.29) is 17.9 Å². The number of carbonyl (C=O) groups excluding carboxylic acids is 2. The molecule has 1 aliphatic heterocycles. The van der Waals surface area contributed by atoms with Crippen molar-refractivity contribution in [1.82, 2.24) is 10.2 Å². The number of likely N-dealkylation sites (tertiary alicyclic amines) is 1. The Morgan fingerprint density at radius 2 is 2.00 bits per heavy atom. The SMILES string of the molecule is CCOC(=O)C[C@H](C)CNC(=O)N1CCC(C)CC1. The van der Waals surface area contributed by atoms with E-state index in [0.29, 0.717) is 25.5 Å². The van der Waals surface area contributed by atoms with Crippen LogP contribution >= 0.6 is 0 Å². The van der Waals surface area contributed by atoms with Crippen LogP contribution in [-0.4, -0.2) is 43.1 Å². The lowest BCUT2D eigenvalue weighted by Crippen LogP contribution is -2.45. The first-order valence-electron chi connectivity index (χ1n) is 7.21. The summed E-state index contributed by atoms with van der Waals surface area (Å²) < 4.78 is 4.89. The molecule has 19 heavy (non-hydrogen) atoms. The molecule has 0 aromatic heterocycles. The van der Waals surface area contributed by atoms with Gasteiger partial charge in [-0.1, -0.05) is 13.8 Å². The van der Waals surface area contributed by atoms with Gasteiger partial charge in [-0.25, -0.2) is 4.79 Å². The highest BCUT2D eigenvalue weighted by atomic mass is 16.5. The number of piperidine rings is 1. The molecule has 0 unspecified atom stereocenters. The average Bonchev–Trinajstić information content (AvgIpc) is 2.37. The minimum Gasteiger partial charge on any atom is -0.466 e. The molecule has 0 saturated carbocycles. The van der Waals surface area contributed by atoms with Gasteiger partial charge in [0.25, 0.3) is 0 Å². The van der Waals surface area contributed by atoms with Crippen LogP contribution < -0.4 is 5.32 Å². The second kappa shape index (κ2) is 8.02. The van der Waals surface area contributed by atoms with Crippen molar-refractivity contribution in [1.29, 1.82) is 0 Å². The molecule has 1 heterocycles. The molecule has 5 heteroatoms. The van der Waals surface area contributed by atoms with Crippen molar-refractivity contribution >= 4 is 12.0 Å². The number of ether oxygens (including phenoxy) is 1. The lowest BCUT2D eigenvalue weighted by molar-refractivity contribution is -0.144. The Morgan fingerprint density at radius 3 is 2.58 bits per heavy atom. The second-order valence-electron chi connectivity index (χ2n) is 5.47. The van der Waals surface area contributed by atoms with Crippen molar-refractivity contribution in [2.24, 2.45) is 11.8 Å². The van der Waals surface area contributed by atoms with E-state index >= 15 is 0 Å². The van der Waals surface area contributed by atoms with Crippen LogP contribution in [0.25, 0.3) is 0 Å². The third-order valence-electron chi connectivity index (χ3n) is 3.49. The summed E-state index contributed by atoms with van der Waals surface area (Å²) >= 11 is 0. The minimum atomic E-state index is -0.198. The number of urea groups is 1. The van der Waals surface area contributed by atoms with Crippen LogP contribution in [0.3, 0.4) is 0 Å². The molecule has 1 saturated heterocycles. The zero-order valence-corrected chi connectivity index (χ0v) is 12.3. The third kappa shape index (κ3) is 5.94. The summed E-state index contributed by atoms with van der Waals surface area (Å²) in [6.07, 6.45) is 2.50. The van der Waals surface area contributed by atoms with Gasteiger partial charge in [-0.15, -0.1) is 0 Å². The Morgan fingerprint density at radius 1 is 1.37 bits per heavy atom. The topological polar surface area (TPSA) is 58.6 Å². The molecule has 2 amide bonds. The zero-order chi connectivity index (χ0) is 14.3. The Labute approximate surface area is 115 Å². The summed E-state index contributed by atoms with van der Waals surface area (Å²) in [5.41, 5.74) is 0. The van der Waals surface area contributed by atoms with E-state index in [4.69, 9.17) is 4.74 Å². The highest BCUT2D eigenvalue weighted by molar-refractivity contribution is 5.74. The number of nitrogens with zero attached hydrogens (tertiary/aromatic N) is 1. The standard InChI is InChI=1S/C14H26N2O3/c1-4-19-13(17)9-12(3)10-15-14(18)16-7-5-11(2)6-8-16/h11-12H,4-10H2,1-3H3,(H,15,18)/t12-/m0/s1. The predicted molar refractivity (Wildman–Crippen MR) is 73.8 cm³/mol. The summed E-state index contributed by atoms with van der Waals surface area (Å²) in [6, 6.07) is -0.0115. The number of amides is 2. The molecule has 1 N–H and O–H groups in total. The highest BCUT2D eigenvalue weighted by Gasteiger charge is 2.20. The maximum atomic E-state index is 11.9. The molecule has 0 spiro atoms. The van der Waals surface area contributed by atoms with Crippen molar-refractivity contribution in [2.45, 2.75) is 40.0 Å². The van der Waals surface area contributed by atoms with Crippen LogP contribution in [-0.2, 0) is 9.53 Å². The number of hydrogen-bond donors (Lipinski definition) is 1. The summed E-state index contributed by atoms with van der Waals surface area (Å²) in [5, 5.41) is 2.89. The van der Waals surface area contributed by atoms with Crippen molar-refractivity contribution < 1.29 is 14.3 Å². The quantitative estimate of drug-likeness (QED) is 0.778. The molecule has 1 rings (SSSR count). The zero-order valence-electron chi connectivity index (χ0n) is 12.3. The molecule has 1 aliphatic rings. The summed E-state index contributed by atoms with van der Waals surface area (Å²) in [6.45, 7) is 8.54. The van der Waals surface area contributed by atoms with Crippen molar-refractivity contribution in [2.75, 3.05) is 26.2 Å². The maximum Gasteiger partial charge on any atom is 0.317 e. The Bertz CT molecular complexity index is 299. The molecule has 0 aliphatic carbocycles. The van der Waals surface area contributed by atoms with Crippen molar-refractivity contribution in [3.63, 3.8) is 0 Å². The molecule has 0 radical (unpaired) electrons. The Hall–Kier alpha value is -1.26. The molecule has 0 bridgehead atoms. The van der Waals surface area contributed by atoms with E-state index in [1.54, 1.807) is 6.92 Å². The fraction of sp³-hybridized carbons (Fsp3) is 0.857. The molecule has 1 atom stereocenters. The van der Waals surface area contributed by atoms with Crippen molar-refractivity contribution in [3.8, 4) is 0 Å². The van der Waals surface area contributed by atoms with Gasteiger partial charge >= 0.3 is 12.0 Å². The monoisotopic (exact) mass is 270 g/mol. The minimum absolute atomic E-state index is 0.0115. The lowest BCUT2D eigenvalue weighted by atomic mass is 10.00. The first-order chi connectivity index (χ1) is 9.02.